The predicted molar refractivity (Wildman–Crippen MR) is 86.5 cm³/mol. The van der Waals surface area contributed by atoms with Gasteiger partial charge in [-0.2, -0.15) is 26.0 Å². The molecule has 0 atom stereocenters. The van der Waals surface area contributed by atoms with E-state index in [2.05, 4.69) is 4.40 Å². The smallest absolute Gasteiger partial charge is 0.518 e. The summed E-state index contributed by atoms with van der Waals surface area (Å²) in [6.45, 7) is 3.91. The largest absolute Gasteiger partial charge is 0.858 e. The Labute approximate surface area is 143 Å². The third-order valence-electron chi connectivity index (χ3n) is 3.84. The Hall–Kier alpha value is -2.35. The molecule has 134 valence electrons. The van der Waals surface area contributed by atoms with E-state index in [-0.39, 0.29) is 5.56 Å². The average molecular weight is 370 g/mol. The van der Waals surface area contributed by atoms with E-state index in [1.165, 1.54) is 12.1 Å². The van der Waals surface area contributed by atoms with Crippen LogP contribution in [0.15, 0.2) is 59.0 Å². The summed E-state index contributed by atoms with van der Waals surface area (Å²) in [5, 5.41) is 11.7. The fourth-order valence-corrected chi connectivity index (χ4v) is 2.69. The van der Waals surface area contributed by atoms with E-state index in [0.29, 0.717) is 0 Å². The number of benzene rings is 2. The van der Waals surface area contributed by atoms with Crippen LogP contribution in [0.1, 0.15) is 30.5 Å². The summed E-state index contributed by atoms with van der Waals surface area (Å²) < 4.78 is 61.0. The Balaban J connectivity index is 2.35. The van der Waals surface area contributed by atoms with Crippen LogP contribution < -0.4 is 5.11 Å². The minimum absolute atomic E-state index is 0.236. The summed E-state index contributed by atoms with van der Waals surface area (Å²) in [4.78, 5) is 0. The Morgan fingerprint density at radius 3 is 1.88 bits per heavy atom. The molecule has 0 amide bonds. The molecule has 0 aliphatic heterocycles. The van der Waals surface area contributed by atoms with E-state index in [4.69, 9.17) is 0 Å². The van der Waals surface area contributed by atoms with Gasteiger partial charge in [0.2, 0.25) is 0 Å². The van der Waals surface area contributed by atoms with Crippen LogP contribution >= 0.6 is 0 Å². The summed E-state index contributed by atoms with van der Waals surface area (Å²) in [5.41, 5.74) is -4.41. The van der Waals surface area contributed by atoms with Crippen molar-refractivity contribution in [1.29, 1.82) is 0 Å². The lowest BCUT2D eigenvalue weighted by Gasteiger charge is -2.26. The maximum atomic E-state index is 12.3. The SMILES string of the molecule is CC(C)(c1ccccc1)c1ccc(/C([O-])=N/S(=O)(=O)C(F)(F)F)cc1. The molecular formula is C17H15F3NO3S-. The summed E-state index contributed by atoms with van der Waals surface area (Å²) >= 11 is 0. The van der Waals surface area contributed by atoms with Crippen molar-refractivity contribution >= 4 is 15.9 Å². The fourth-order valence-electron chi connectivity index (χ4n) is 2.26. The summed E-state index contributed by atoms with van der Waals surface area (Å²) in [6.07, 6.45) is 0. The lowest BCUT2D eigenvalue weighted by Crippen LogP contribution is -2.27. The van der Waals surface area contributed by atoms with Gasteiger partial charge in [0, 0.05) is 11.3 Å². The monoisotopic (exact) mass is 370 g/mol. The van der Waals surface area contributed by atoms with Crippen molar-refractivity contribution in [3.05, 3.63) is 71.3 Å². The van der Waals surface area contributed by atoms with Crippen molar-refractivity contribution in [2.45, 2.75) is 24.8 Å². The molecule has 0 saturated heterocycles. The number of sulfonamides is 1. The van der Waals surface area contributed by atoms with Crippen molar-refractivity contribution in [3.8, 4) is 0 Å². The first kappa shape index (κ1) is 19.0. The molecule has 0 aliphatic carbocycles. The molecule has 0 bridgehead atoms. The van der Waals surface area contributed by atoms with E-state index in [9.17, 15) is 26.7 Å². The molecule has 0 aliphatic rings. The zero-order chi connectivity index (χ0) is 18.9. The lowest BCUT2D eigenvalue weighted by atomic mass is 9.78. The van der Waals surface area contributed by atoms with Crippen LogP contribution in [-0.4, -0.2) is 19.8 Å². The summed E-state index contributed by atoms with van der Waals surface area (Å²) in [7, 11) is -5.85. The van der Waals surface area contributed by atoms with E-state index in [1.807, 2.05) is 44.2 Å². The van der Waals surface area contributed by atoms with E-state index >= 15 is 0 Å². The number of halogens is 3. The lowest BCUT2D eigenvalue weighted by molar-refractivity contribution is -0.212. The van der Waals surface area contributed by atoms with Crippen LogP contribution in [0, 0.1) is 0 Å². The Bertz CT molecular complexity index is 872. The molecule has 0 saturated carbocycles. The minimum atomic E-state index is -5.85. The zero-order valence-electron chi connectivity index (χ0n) is 13.4. The second kappa shape index (κ2) is 6.51. The van der Waals surface area contributed by atoms with Gasteiger partial charge in [0.15, 0.2) is 0 Å². The van der Waals surface area contributed by atoms with Crippen LogP contribution in [-0.2, 0) is 15.4 Å². The van der Waals surface area contributed by atoms with Gasteiger partial charge in [0.05, 0.1) is 0 Å². The van der Waals surface area contributed by atoms with Gasteiger partial charge < -0.3 is 5.11 Å². The molecule has 0 N–H and O–H groups in total. The van der Waals surface area contributed by atoms with E-state index < -0.39 is 26.8 Å². The number of alkyl halides is 3. The van der Waals surface area contributed by atoms with Crippen molar-refractivity contribution in [2.24, 2.45) is 4.40 Å². The molecular weight excluding hydrogens is 355 g/mol. The van der Waals surface area contributed by atoms with Crippen molar-refractivity contribution in [2.75, 3.05) is 0 Å². The maximum absolute atomic E-state index is 12.3. The van der Waals surface area contributed by atoms with Gasteiger partial charge in [-0.3, -0.25) is 0 Å². The Kier molecular flexibility index (Phi) is 4.94. The van der Waals surface area contributed by atoms with Gasteiger partial charge in [0.1, 0.15) is 0 Å². The van der Waals surface area contributed by atoms with Gasteiger partial charge >= 0.3 is 15.5 Å². The first-order valence-corrected chi connectivity index (χ1v) is 8.64. The van der Waals surface area contributed by atoms with Crippen molar-refractivity contribution in [1.82, 2.24) is 0 Å². The van der Waals surface area contributed by atoms with Crippen molar-refractivity contribution < 1.29 is 26.7 Å². The predicted octanol–water partition coefficient (Wildman–Crippen LogP) is 2.97. The quantitative estimate of drug-likeness (QED) is 0.614. The van der Waals surface area contributed by atoms with Gasteiger partial charge in [-0.1, -0.05) is 68.4 Å². The number of nitrogens with zero attached hydrogens (tertiary/aromatic N) is 1. The van der Waals surface area contributed by atoms with Crippen molar-refractivity contribution in [3.63, 3.8) is 0 Å². The normalized spacial score (nSPS) is 13.7. The molecule has 0 aromatic heterocycles. The molecule has 0 fully saturated rings. The molecule has 0 heterocycles. The number of hydrogen-bond donors (Lipinski definition) is 0. The first-order chi connectivity index (χ1) is 11.4. The highest BCUT2D eigenvalue weighted by molar-refractivity contribution is 7.91. The highest BCUT2D eigenvalue weighted by atomic mass is 32.2. The van der Waals surface area contributed by atoms with Gasteiger partial charge in [-0.05, 0) is 16.7 Å². The molecule has 2 rings (SSSR count). The van der Waals surface area contributed by atoms with Gasteiger partial charge in [-0.25, -0.2) is 0 Å². The van der Waals surface area contributed by atoms with Crippen LogP contribution in [0.25, 0.3) is 0 Å². The fraction of sp³-hybridized carbons (Fsp3) is 0.235. The zero-order valence-corrected chi connectivity index (χ0v) is 14.2. The van der Waals surface area contributed by atoms with E-state index in [1.54, 1.807) is 12.1 Å². The second-order valence-corrected chi connectivity index (χ2v) is 7.48. The minimum Gasteiger partial charge on any atom is -0.858 e. The molecule has 0 unspecified atom stereocenters. The summed E-state index contributed by atoms with van der Waals surface area (Å²) in [5.74, 6) is -1.46. The molecule has 2 aromatic carbocycles. The van der Waals surface area contributed by atoms with Gasteiger partial charge in [0.25, 0.3) is 0 Å². The highest BCUT2D eigenvalue weighted by Crippen LogP contribution is 2.31. The molecule has 0 spiro atoms. The summed E-state index contributed by atoms with van der Waals surface area (Å²) in [6, 6.07) is 15.2. The highest BCUT2D eigenvalue weighted by Gasteiger charge is 2.45. The molecule has 8 heteroatoms. The third-order valence-corrected chi connectivity index (χ3v) is 4.84. The molecule has 0 radical (unpaired) electrons. The number of hydrogen-bond acceptors (Lipinski definition) is 3. The van der Waals surface area contributed by atoms with Crippen LogP contribution in [0.5, 0.6) is 0 Å². The Morgan fingerprint density at radius 1 is 0.920 bits per heavy atom. The van der Waals surface area contributed by atoms with Gasteiger partial charge in [-0.15, -0.1) is 0 Å². The van der Waals surface area contributed by atoms with Crippen LogP contribution in [0.2, 0.25) is 0 Å². The number of rotatable bonds is 4. The average Bonchev–Trinajstić information content (AvgIpc) is 2.54. The molecule has 4 nitrogen and oxygen atoms in total. The van der Waals surface area contributed by atoms with Crippen LogP contribution in [0.3, 0.4) is 0 Å². The molecule has 25 heavy (non-hydrogen) atoms. The van der Waals surface area contributed by atoms with E-state index in [0.717, 1.165) is 11.1 Å². The second-order valence-electron chi connectivity index (χ2n) is 5.89. The third kappa shape index (κ3) is 4.01. The standard InChI is InChI=1S/C17H16F3NO3S/c1-16(2,13-6-4-3-5-7-13)14-10-8-12(9-11-14)15(22)21-25(23,24)17(18,19)20/h3-11H,1-2H3,(H,21,22)/p-1. The Morgan fingerprint density at radius 2 is 1.40 bits per heavy atom. The maximum Gasteiger partial charge on any atom is 0.518 e. The first-order valence-electron chi connectivity index (χ1n) is 7.20. The van der Waals surface area contributed by atoms with Crippen LogP contribution in [0.4, 0.5) is 13.2 Å². The topological polar surface area (TPSA) is 69.6 Å². The molecule has 2 aromatic rings.